The minimum Gasteiger partial charge on any atom is -0.449 e. The Morgan fingerprint density at radius 1 is 1.23 bits per heavy atom. The lowest BCUT2D eigenvalue weighted by atomic mass is 9.43. The molecule has 1 amide bonds. The summed E-state index contributed by atoms with van der Waals surface area (Å²) in [4.78, 5) is 16.7. The molecule has 4 atom stereocenters. The molecule has 0 saturated heterocycles. The van der Waals surface area contributed by atoms with Crippen LogP contribution in [0.4, 0.5) is 4.79 Å². The van der Waals surface area contributed by atoms with Crippen molar-refractivity contribution in [3.05, 3.63) is 24.4 Å². The first kappa shape index (κ1) is 18.5. The fraction of sp³-hybridized carbons (Fsp3) is 0.700. The van der Waals surface area contributed by atoms with E-state index in [4.69, 9.17) is 4.74 Å². The first-order valence-electron chi connectivity index (χ1n) is 9.53. The molecule has 26 heavy (non-hydrogen) atoms. The van der Waals surface area contributed by atoms with Gasteiger partial charge in [-0.1, -0.05) is 30.7 Å². The van der Waals surface area contributed by atoms with Crippen LogP contribution in [0.25, 0.3) is 0 Å². The quantitative estimate of drug-likeness (QED) is 0.526. The lowest BCUT2D eigenvalue weighted by Crippen LogP contribution is -2.65. The van der Waals surface area contributed by atoms with Gasteiger partial charge in [0.25, 0.3) is 0 Å². The maximum Gasteiger partial charge on any atom is 0.407 e. The predicted molar refractivity (Wildman–Crippen MR) is 107 cm³/mol. The highest BCUT2D eigenvalue weighted by atomic mass is 33.1. The van der Waals surface area contributed by atoms with Gasteiger partial charge in [0.2, 0.25) is 0 Å². The number of hydrogen-bond acceptors (Lipinski definition) is 5. The van der Waals surface area contributed by atoms with E-state index < -0.39 is 0 Å². The topological polar surface area (TPSA) is 51.2 Å². The zero-order valence-electron chi connectivity index (χ0n) is 15.6. The SMILES string of the molecule is C[C@]12CC3CC(NC(=O)OCCSSc4ccccn4)(C1)C[C@@](C)(C3)C2. The molecule has 4 aliphatic rings. The van der Waals surface area contributed by atoms with Crippen molar-refractivity contribution in [1.82, 2.24) is 10.3 Å². The van der Waals surface area contributed by atoms with Gasteiger partial charge < -0.3 is 10.1 Å². The Hall–Kier alpha value is -0.880. The normalized spacial score (nSPS) is 37.5. The standard InChI is InChI=1S/C20H28N2O2S2/c1-18-9-15-10-19(2,12-18)14-20(11-15,13-18)22-17(23)24-7-8-25-26-16-5-3-4-6-21-16/h3-6,15H,7-14H2,1-2H3,(H,22,23)/t15?,18-,19+,20?. The maximum absolute atomic E-state index is 12.4. The van der Waals surface area contributed by atoms with E-state index in [1.54, 1.807) is 27.8 Å². The highest BCUT2D eigenvalue weighted by Gasteiger charge is 2.60. The van der Waals surface area contributed by atoms with E-state index >= 15 is 0 Å². The van der Waals surface area contributed by atoms with Crippen molar-refractivity contribution in [2.75, 3.05) is 12.4 Å². The Morgan fingerprint density at radius 2 is 2.00 bits per heavy atom. The third-order valence-electron chi connectivity index (χ3n) is 6.18. The van der Waals surface area contributed by atoms with E-state index in [0.717, 1.165) is 36.0 Å². The highest BCUT2D eigenvalue weighted by Crippen LogP contribution is 2.66. The Balaban J connectivity index is 1.24. The largest absolute Gasteiger partial charge is 0.449 e. The Labute approximate surface area is 164 Å². The second-order valence-electron chi connectivity index (χ2n) is 9.24. The summed E-state index contributed by atoms with van der Waals surface area (Å²) in [6.45, 7) is 5.27. The van der Waals surface area contributed by atoms with Gasteiger partial charge in [-0.25, -0.2) is 9.78 Å². The van der Waals surface area contributed by atoms with E-state index in [2.05, 4.69) is 24.1 Å². The van der Waals surface area contributed by atoms with Crippen LogP contribution in [0, 0.1) is 16.7 Å². The molecular weight excluding hydrogens is 364 g/mol. The summed E-state index contributed by atoms with van der Waals surface area (Å²) < 4.78 is 5.48. The summed E-state index contributed by atoms with van der Waals surface area (Å²) >= 11 is 0. The summed E-state index contributed by atoms with van der Waals surface area (Å²) in [6, 6.07) is 5.87. The highest BCUT2D eigenvalue weighted by molar-refractivity contribution is 8.76. The summed E-state index contributed by atoms with van der Waals surface area (Å²) in [6.07, 6.45) is 8.91. The molecule has 5 rings (SSSR count). The fourth-order valence-corrected chi connectivity index (χ4v) is 8.21. The minimum atomic E-state index is -0.234. The molecule has 0 aromatic carbocycles. The summed E-state index contributed by atoms with van der Waals surface area (Å²) in [5, 5.41) is 4.28. The van der Waals surface area contributed by atoms with Crippen LogP contribution in [0.5, 0.6) is 0 Å². The molecule has 1 heterocycles. The average Bonchev–Trinajstić information content (AvgIpc) is 2.51. The molecule has 0 aliphatic heterocycles. The van der Waals surface area contributed by atoms with Crippen molar-refractivity contribution in [3.8, 4) is 0 Å². The number of rotatable bonds is 6. The number of alkyl carbamates (subject to hydrolysis) is 1. The van der Waals surface area contributed by atoms with Crippen LogP contribution in [-0.4, -0.2) is 29.0 Å². The number of amides is 1. The molecule has 4 aliphatic carbocycles. The fourth-order valence-electron chi connectivity index (χ4n) is 6.51. The Kier molecular flexibility index (Phi) is 4.93. The van der Waals surface area contributed by atoms with E-state index in [9.17, 15) is 4.79 Å². The first-order chi connectivity index (χ1) is 12.4. The van der Waals surface area contributed by atoms with Gasteiger partial charge in [0.1, 0.15) is 11.6 Å². The van der Waals surface area contributed by atoms with E-state index in [1.165, 1.54) is 19.3 Å². The third-order valence-corrected chi connectivity index (χ3v) is 8.40. The van der Waals surface area contributed by atoms with Crippen LogP contribution in [0.1, 0.15) is 52.4 Å². The molecule has 4 nitrogen and oxygen atoms in total. The molecule has 1 aromatic heterocycles. The lowest BCUT2D eigenvalue weighted by Gasteiger charge is -2.65. The summed E-state index contributed by atoms with van der Waals surface area (Å²) in [7, 11) is 3.29. The van der Waals surface area contributed by atoms with Crippen LogP contribution in [0.3, 0.4) is 0 Å². The second kappa shape index (κ2) is 6.93. The van der Waals surface area contributed by atoms with Gasteiger partial charge in [0.15, 0.2) is 0 Å². The van der Waals surface area contributed by atoms with Gasteiger partial charge in [0, 0.05) is 17.5 Å². The van der Waals surface area contributed by atoms with Gasteiger partial charge in [-0.3, -0.25) is 0 Å². The number of aromatic nitrogens is 1. The molecule has 4 bridgehead atoms. The van der Waals surface area contributed by atoms with Crippen LogP contribution < -0.4 is 5.32 Å². The Bertz CT molecular complexity index is 651. The third kappa shape index (κ3) is 4.01. The van der Waals surface area contributed by atoms with Gasteiger partial charge in [-0.15, -0.1) is 0 Å². The number of hydrogen-bond donors (Lipinski definition) is 1. The lowest BCUT2D eigenvalue weighted by molar-refractivity contribution is -0.115. The van der Waals surface area contributed by atoms with Crippen molar-refractivity contribution in [3.63, 3.8) is 0 Å². The number of pyridine rings is 1. The predicted octanol–water partition coefficient (Wildman–Crippen LogP) is 5.30. The second-order valence-corrected chi connectivity index (χ2v) is 11.7. The van der Waals surface area contributed by atoms with Gasteiger partial charge in [0.05, 0.1) is 0 Å². The molecule has 1 N–H and O–H groups in total. The van der Waals surface area contributed by atoms with E-state index in [0.29, 0.717) is 17.4 Å². The van der Waals surface area contributed by atoms with Crippen molar-refractivity contribution in [2.24, 2.45) is 16.7 Å². The van der Waals surface area contributed by atoms with Crippen LogP contribution >= 0.6 is 21.6 Å². The zero-order valence-corrected chi connectivity index (χ0v) is 17.3. The molecule has 4 fully saturated rings. The van der Waals surface area contributed by atoms with Gasteiger partial charge in [-0.2, -0.15) is 0 Å². The van der Waals surface area contributed by atoms with Crippen molar-refractivity contribution < 1.29 is 9.53 Å². The van der Waals surface area contributed by atoms with Crippen molar-refractivity contribution >= 4 is 27.7 Å². The zero-order chi connectivity index (χ0) is 18.3. The van der Waals surface area contributed by atoms with E-state index in [-0.39, 0.29) is 11.6 Å². The van der Waals surface area contributed by atoms with Crippen LogP contribution in [0.2, 0.25) is 0 Å². The van der Waals surface area contributed by atoms with Gasteiger partial charge in [-0.05, 0) is 78.2 Å². The number of nitrogens with one attached hydrogen (secondary N) is 1. The molecule has 2 unspecified atom stereocenters. The van der Waals surface area contributed by atoms with Gasteiger partial charge >= 0.3 is 6.09 Å². The summed E-state index contributed by atoms with van der Waals surface area (Å²) in [5.74, 6) is 1.53. The van der Waals surface area contributed by atoms with Crippen molar-refractivity contribution in [2.45, 2.75) is 62.9 Å². The maximum atomic E-state index is 12.4. The summed E-state index contributed by atoms with van der Waals surface area (Å²) in [5.41, 5.74) is 0.767. The smallest absolute Gasteiger partial charge is 0.407 e. The minimum absolute atomic E-state index is 0.0319. The van der Waals surface area contributed by atoms with E-state index in [1.807, 2.05) is 18.2 Å². The molecular formula is C20H28N2O2S2. The Morgan fingerprint density at radius 3 is 2.65 bits per heavy atom. The number of carbonyl (C=O) groups excluding carboxylic acids is 1. The first-order valence-corrected chi connectivity index (χ1v) is 11.9. The monoisotopic (exact) mass is 392 g/mol. The molecule has 142 valence electrons. The average molecular weight is 393 g/mol. The number of carbonyl (C=O) groups is 1. The number of ether oxygens (including phenoxy) is 1. The molecule has 6 heteroatoms. The number of nitrogens with zero attached hydrogens (tertiary/aromatic N) is 1. The molecule has 4 saturated carbocycles. The molecule has 0 spiro atoms. The molecule has 1 aromatic rings. The molecule has 0 radical (unpaired) electrons. The van der Waals surface area contributed by atoms with Crippen LogP contribution in [-0.2, 0) is 4.74 Å². The van der Waals surface area contributed by atoms with Crippen molar-refractivity contribution in [1.29, 1.82) is 0 Å². The van der Waals surface area contributed by atoms with Crippen LogP contribution in [0.15, 0.2) is 29.4 Å².